The Bertz CT molecular complexity index is 992. The number of carbonyl (C=O) groups is 2. The SMILES string of the molecule is CC(C)[C@@H]1CC[C@]2(C(=O)NCCCCCCCC(=O)O)CCC3C(CCC4[C@@]3(C)CCC3C(C)(C)[C@H](O)CC[C@@]34C)[C@H]12. The predicted molar refractivity (Wildman–Crippen MR) is 169 cm³/mol. The van der Waals surface area contributed by atoms with Gasteiger partial charge in [-0.2, -0.15) is 0 Å². The molecule has 0 spiro atoms. The molecule has 5 fully saturated rings. The van der Waals surface area contributed by atoms with Crippen molar-refractivity contribution in [1.29, 1.82) is 0 Å². The van der Waals surface area contributed by atoms with Crippen LogP contribution in [0.1, 0.15) is 144 Å². The van der Waals surface area contributed by atoms with Crippen LogP contribution < -0.4 is 5.32 Å². The summed E-state index contributed by atoms with van der Waals surface area (Å²) >= 11 is 0. The number of rotatable bonds is 10. The van der Waals surface area contributed by atoms with E-state index in [0.717, 1.165) is 69.7 Å². The Morgan fingerprint density at radius 1 is 0.786 bits per heavy atom. The quantitative estimate of drug-likeness (QED) is 0.225. The minimum absolute atomic E-state index is 0.00233. The number of aliphatic hydroxyl groups excluding tert-OH is 1. The van der Waals surface area contributed by atoms with Gasteiger partial charge >= 0.3 is 5.97 Å². The van der Waals surface area contributed by atoms with E-state index in [1.54, 1.807) is 0 Å². The summed E-state index contributed by atoms with van der Waals surface area (Å²) in [6.07, 6.45) is 16.7. The van der Waals surface area contributed by atoms with Gasteiger partial charge in [0.1, 0.15) is 0 Å². The third kappa shape index (κ3) is 5.28. The highest BCUT2D eigenvalue weighted by Gasteiger charge is 2.68. The average Bonchev–Trinajstić information content (AvgIpc) is 3.34. The highest BCUT2D eigenvalue weighted by Crippen LogP contribution is 2.73. The van der Waals surface area contributed by atoms with Crippen LogP contribution in [-0.2, 0) is 9.59 Å². The standard InChI is InChI=1S/C37H63NO4/c1-24(2)25-15-21-37(33(42)38-23-11-9-7-8-10-12-31(40)41)22-16-27-26(32(25)37)13-14-29-35(27,5)19-17-28-34(3,4)30(39)18-20-36(28,29)6/h24-30,32,39H,7-23H2,1-6H3,(H,38,42)(H,40,41)/t25-,26?,27?,28?,29?,30+,32-,35-,36-,37-/m0/s1. The van der Waals surface area contributed by atoms with Crippen molar-refractivity contribution >= 4 is 11.9 Å². The lowest BCUT2D eigenvalue weighted by atomic mass is 9.36. The molecule has 0 aromatic carbocycles. The van der Waals surface area contributed by atoms with Crippen LogP contribution in [0.25, 0.3) is 0 Å². The summed E-state index contributed by atoms with van der Waals surface area (Å²) in [5.74, 6) is 4.14. The van der Waals surface area contributed by atoms with Gasteiger partial charge in [0.15, 0.2) is 0 Å². The molecule has 0 aromatic heterocycles. The van der Waals surface area contributed by atoms with Crippen LogP contribution in [0.5, 0.6) is 0 Å². The number of aliphatic carboxylic acids is 1. The number of hydrogen-bond donors (Lipinski definition) is 3. The van der Waals surface area contributed by atoms with E-state index >= 15 is 0 Å². The molecule has 0 saturated heterocycles. The second-order valence-electron chi connectivity index (χ2n) is 17.2. The third-order valence-electron chi connectivity index (χ3n) is 14.8. The largest absolute Gasteiger partial charge is 0.481 e. The minimum atomic E-state index is -0.704. The normalized spacial score (nSPS) is 44.0. The molecule has 5 heteroatoms. The minimum Gasteiger partial charge on any atom is -0.481 e. The second kappa shape index (κ2) is 12.0. The summed E-state index contributed by atoms with van der Waals surface area (Å²) in [5.41, 5.74) is 0.476. The van der Waals surface area contributed by atoms with Gasteiger partial charge in [0, 0.05) is 13.0 Å². The molecule has 240 valence electrons. The Hall–Kier alpha value is -1.10. The molecule has 4 unspecified atom stereocenters. The van der Waals surface area contributed by atoms with Gasteiger partial charge in [-0.1, -0.05) is 60.8 Å². The number of carbonyl (C=O) groups excluding carboxylic acids is 1. The fraction of sp³-hybridized carbons (Fsp3) is 0.946. The first-order valence-corrected chi connectivity index (χ1v) is 18.0. The van der Waals surface area contributed by atoms with Crippen molar-refractivity contribution in [2.24, 2.45) is 63.1 Å². The van der Waals surface area contributed by atoms with Crippen LogP contribution in [0.4, 0.5) is 0 Å². The predicted octanol–water partition coefficient (Wildman–Crippen LogP) is 8.24. The highest BCUT2D eigenvalue weighted by molar-refractivity contribution is 5.83. The first-order chi connectivity index (χ1) is 19.8. The van der Waals surface area contributed by atoms with Gasteiger partial charge in [-0.05, 0) is 135 Å². The van der Waals surface area contributed by atoms with Crippen LogP contribution in [-0.4, -0.2) is 34.7 Å². The molecule has 5 aliphatic carbocycles. The van der Waals surface area contributed by atoms with Crippen LogP contribution >= 0.6 is 0 Å². The van der Waals surface area contributed by atoms with Crippen molar-refractivity contribution in [2.75, 3.05) is 6.54 Å². The van der Waals surface area contributed by atoms with E-state index in [4.69, 9.17) is 5.11 Å². The Kier molecular flexibility index (Phi) is 9.24. The number of fused-ring (bicyclic) bond motifs is 7. The average molecular weight is 586 g/mol. The van der Waals surface area contributed by atoms with Crippen LogP contribution in [0.2, 0.25) is 0 Å². The molecule has 5 saturated carbocycles. The van der Waals surface area contributed by atoms with E-state index in [1.165, 1.54) is 44.9 Å². The smallest absolute Gasteiger partial charge is 0.303 e. The van der Waals surface area contributed by atoms with E-state index in [1.807, 2.05) is 0 Å². The summed E-state index contributed by atoms with van der Waals surface area (Å²) in [6.45, 7) is 15.5. The lowest BCUT2D eigenvalue weighted by Gasteiger charge is -2.69. The zero-order valence-corrected chi connectivity index (χ0v) is 27.9. The van der Waals surface area contributed by atoms with Gasteiger partial charge in [-0.3, -0.25) is 9.59 Å². The van der Waals surface area contributed by atoms with E-state index in [2.05, 4.69) is 46.9 Å². The van der Waals surface area contributed by atoms with Gasteiger partial charge < -0.3 is 15.5 Å². The van der Waals surface area contributed by atoms with Crippen LogP contribution in [0, 0.1) is 63.1 Å². The first-order valence-electron chi connectivity index (χ1n) is 18.0. The van der Waals surface area contributed by atoms with Gasteiger partial charge in [-0.25, -0.2) is 0 Å². The van der Waals surface area contributed by atoms with Crippen molar-refractivity contribution in [3.63, 3.8) is 0 Å². The molecular weight excluding hydrogens is 522 g/mol. The molecule has 1 amide bonds. The fourth-order valence-electron chi connectivity index (χ4n) is 12.8. The zero-order valence-electron chi connectivity index (χ0n) is 27.9. The number of carboxylic acids is 1. The van der Waals surface area contributed by atoms with Crippen molar-refractivity contribution < 1.29 is 19.8 Å². The maximum absolute atomic E-state index is 14.2. The summed E-state index contributed by atoms with van der Waals surface area (Å²) in [5, 5.41) is 23.3. The van der Waals surface area contributed by atoms with Gasteiger partial charge in [0.05, 0.1) is 11.5 Å². The van der Waals surface area contributed by atoms with Crippen LogP contribution in [0.15, 0.2) is 0 Å². The number of hydrogen-bond acceptors (Lipinski definition) is 3. The number of aliphatic hydroxyl groups is 1. The Labute approximate surface area is 256 Å². The molecule has 0 aromatic rings. The van der Waals surface area contributed by atoms with Crippen LogP contribution in [0.3, 0.4) is 0 Å². The summed E-state index contributed by atoms with van der Waals surface area (Å²) in [4.78, 5) is 24.9. The number of unbranched alkanes of at least 4 members (excludes halogenated alkanes) is 4. The van der Waals surface area contributed by atoms with E-state index in [9.17, 15) is 14.7 Å². The lowest BCUT2D eigenvalue weighted by molar-refractivity contribution is -0.217. The monoisotopic (exact) mass is 585 g/mol. The van der Waals surface area contributed by atoms with E-state index in [-0.39, 0.29) is 23.4 Å². The molecule has 5 nitrogen and oxygen atoms in total. The molecular formula is C37H63NO4. The molecule has 5 rings (SSSR count). The van der Waals surface area contributed by atoms with E-state index in [0.29, 0.717) is 46.3 Å². The fourth-order valence-corrected chi connectivity index (χ4v) is 12.8. The Morgan fingerprint density at radius 3 is 2.17 bits per heavy atom. The summed E-state index contributed by atoms with van der Waals surface area (Å²) in [6, 6.07) is 0. The number of carboxylic acid groups (broad SMARTS) is 1. The Balaban J connectivity index is 1.29. The van der Waals surface area contributed by atoms with Crippen molar-refractivity contribution in [2.45, 2.75) is 150 Å². The molecule has 0 heterocycles. The van der Waals surface area contributed by atoms with Gasteiger partial charge in [-0.15, -0.1) is 0 Å². The third-order valence-corrected chi connectivity index (χ3v) is 14.8. The second-order valence-corrected chi connectivity index (χ2v) is 17.2. The first kappa shape index (κ1) is 32.3. The van der Waals surface area contributed by atoms with Crippen molar-refractivity contribution in [1.82, 2.24) is 5.32 Å². The summed E-state index contributed by atoms with van der Waals surface area (Å²) in [7, 11) is 0. The molecule has 42 heavy (non-hydrogen) atoms. The highest BCUT2D eigenvalue weighted by atomic mass is 16.4. The lowest BCUT2D eigenvalue weighted by Crippen LogP contribution is -2.64. The van der Waals surface area contributed by atoms with E-state index < -0.39 is 5.97 Å². The topological polar surface area (TPSA) is 86.6 Å². The zero-order chi connectivity index (χ0) is 30.5. The number of amides is 1. The van der Waals surface area contributed by atoms with Gasteiger partial charge in [0.2, 0.25) is 5.91 Å². The molecule has 5 aliphatic rings. The molecule has 0 aliphatic heterocycles. The number of nitrogens with one attached hydrogen (secondary N) is 1. The maximum Gasteiger partial charge on any atom is 0.303 e. The maximum atomic E-state index is 14.2. The van der Waals surface area contributed by atoms with Crippen molar-refractivity contribution in [3.05, 3.63) is 0 Å². The van der Waals surface area contributed by atoms with Crippen molar-refractivity contribution in [3.8, 4) is 0 Å². The summed E-state index contributed by atoms with van der Waals surface area (Å²) < 4.78 is 0. The molecule has 0 radical (unpaired) electrons. The Morgan fingerprint density at radius 2 is 1.45 bits per heavy atom. The van der Waals surface area contributed by atoms with Gasteiger partial charge in [0.25, 0.3) is 0 Å². The molecule has 0 bridgehead atoms. The molecule has 10 atom stereocenters. The molecule has 3 N–H and O–H groups in total.